The van der Waals surface area contributed by atoms with Gasteiger partial charge in [0.2, 0.25) is 0 Å². The highest BCUT2D eigenvalue weighted by Crippen LogP contribution is 2.16. The van der Waals surface area contributed by atoms with Gasteiger partial charge >= 0.3 is 5.97 Å². The Morgan fingerprint density at radius 3 is 2.36 bits per heavy atom. The molecule has 0 saturated carbocycles. The Labute approximate surface area is 134 Å². The Morgan fingerprint density at radius 2 is 1.91 bits per heavy atom. The Bertz CT molecular complexity index is 444. The predicted octanol–water partition coefficient (Wildman–Crippen LogP) is 3.45. The van der Waals surface area contributed by atoms with E-state index in [1.807, 2.05) is 19.1 Å². The van der Waals surface area contributed by atoms with Crippen molar-refractivity contribution in [1.29, 1.82) is 0 Å². The maximum Gasteiger partial charge on any atom is 0.306 e. The van der Waals surface area contributed by atoms with E-state index in [-0.39, 0.29) is 5.92 Å². The molecule has 4 nitrogen and oxygen atoms in total. The average molecular weight is 307 g/mol. The van der Waals surface area contributed by atoms with Crippen LogP contribution in [0.4, 0.5) is 0 Å². The highest BCUT2D eigenvalue weighted by Gasteiger charge is 2.18. The lowest BCUT2D eigenvalue weighted by atomic mass is 10.0. The first-order chi connectivity index (χ1) is 10.5. The summed E-state index contributed by atoms with van der Waals surface area (Å²) in [4.78, 5) is 13.5. The molecule has 0 aliphatic carbocycles. The van der Waals surface area contributed by atoms with Crippen LogP contribution in [0, 0.1) is 5.92 Å². The highest BCUT2D eigenvalue weighted by molar-refractivity contribution is 5.69. The number of carbonyl (C=O) groups is 1. The molecule has 1 rings (SSSR count). The summed E-state index contributed by atoms with van der Waals surface area (Å²) >= 11 is 0. The van der Waals surface area contributed by atoms with Gasteiger partial charge in [-0.25, -0.2) is 0 Å². The van der Waals surface area contributed by atoms with Crippen molar-refractivity contribution in [2.24, 2.45) is 5.92 Å². The third-order valence-electron chi connectivity index (χ3n) is 4.33. The fourth-order valence-electron chi connectivity index (χ4n) is 2.75. The summed E-state index contributed by atoms with van der Waals surface area (Å²) in [6, 6.07) is 8.54. The molecule has 0 aliphatic rings. The zero-order valence-corrected chi connectivity index (χ0v) is 14.2. The summed E-state index contributed by atoms with van der Waals surface area (Å²) in [5.74, 6) is -0.0420. The van der Waals surface area contributed by atoms with Gasteiger partial charge in [-0.05, 0) is 57.0 Å². The molecule has 0 saturated heterocycles. The minimum Gasteiger partial charge on any atom is -0.497 e. The molecule has 124 valence electrons. The molecule has 1 N–H and O–H groups in total. The number of rotatable bonds is 10. The van der Waals surface area contributed by atoms with Crippen molar-refractivity contribution in [3.63, 3.8) is 0 Å². The van der Waals surface area contributed by atoms with Gasteiger partial charge in [-0.15, -0.1) is 0 Å². The summed E-state index contributed by atoms with van der Waals surface area (Å²) in [6.07, 6.45) is 2.37. The smallest absolute Gasteiger partial charge is 0.306 e. The monoisotopic (exact) mass is 307 g/mol. The van der Waals surface area contributed by atoms with Crippen LogP contribution in [0.2, 0.25) is 0 Å². The van der Waals surface area contributed by atoms with E-state index < -0.39 is 5.97 Å². The molecule has 22 heavy (non-hydrogen) atoms. The van der Waals surface area contributed by atoms with E-state index in [0.717, 1.165) is 25.3 Å². The molecule has 0 aromatic heterocycles. The number of methoxy groups -OCH3 is 1. The molecule has 0 heterocycles. The highest BCUT2D eigenvalue weighted by atomic mass is 16.5. The minimum atomic E-state index is -0.679. The molecule has 1 aromatic carbocycles. The van der Waals surface area contributed by atoms with E-state index in [9.17, 15) is 4.79 Å². The maximum absolute atomic E-state index is 11.1. The summed E-state index contributed by atoms with van der Waals surface area (Å²) in [5, 5.41) is 9.15. The van der Waals surface area contributed by atoms with Crippen LogP contribution < -0.4 is 4.74 Å². The van der Waals surface area contributed by atoms with Gasteiger partial charge in [0.15, 0.2) is 0 Å². The van der Waals surface area contributed by atoms with E-state index in [1.54, 1.807) is 7.11 Å². The zero-order valence-electron chi connectivity index (χ0n) is 14.2. The number of hydrogen-bond acceptors (Lipinski definition) is 3. The van der Waals surface area contributed by atoms with Crippen molar-refractivity contribution in [3.8, 4) is 5.75 Å². The van der Waals surface area contributed by atoms with Gasteiger partial charge in [-0.1, -0.05) is 26.0 Å². The lowest BCUT2D eigenvalue weighted by Crippen LogP contribution is -2.36. The Morgan fingerprint density at radius 1 is 1.27 bits per heavy atom. The molecule has 0 spiro atoms. The molecule has 0 fully saturated rings. The zero-order chi connectivity index (χ0) is 16.5. The van der Waals surface area contributed by atoms with Crippen LogP contribution >= 0.6 is 0 Å². The first kappa shape index (κ1) is 18.5. The van der Waals surface area contributed by atoms with Crippen molar-refractivity contribution in [2.75, 3.05) is 20.2 Å². The number of ether oxygens (including phenoxy) is 1. The molecular weight excluding hydrogens is 278 g/mol. The first-order valence-corrected chi connectivity index (χ1v) is 8.11. The van der Waals surface area contributed by atoms with Crippen molar-refractivity contribution < 1.29 is 14.6 Å². The van der Waals surface area contributed by atoms with Crippen molar-refractivity contribution in [3.05, 3.63) is 29.8 Å². The molecule has 0 amide bonds. The molecule has 1 aromatic rings. The minimum absolute atomic E-state index is 0.234. The van der Waals surface area contributed by atoms with Crippen molar-refractivity contribution in [1.82, 2.24) is 4.90 Å². The van der Waals surface area contributed by atoms with E-state index in [1.165, 1.54) is 5.56 Å². The SMILES string of the molecule is CCC(CCN(CC)C(C)Cc1ccc(OC)cc1)C(=O)O. The summed E-state index contributed by atoms with van der Waals surface area (Å²) in [7, 11) is 1.67. The van der Waals surface area contributed by atoms with Crippen LogP contribution in [-0.2, 0) is 11.2 Å². The topological polar surface area (TPSA) is 49.8 Å². The lowest BCUT2D eigenvalue weighted by Gasteiger charge is -2.29. The van der Waals surface area contributed by atoms with Gasteiger partial charge in [0.05, 0.1) is 13.0 Å². The summed E-state index contributed by atoms with van der Waals surface area (Å²) in [6.45, 7) is 8.05. The van der Waals surface area contributed by atoms with Gasteiger partial charge in [0, 0.05) is 6.04 Å². The normalized spacial score (nSPS) is 13.9. The molecule has 0 aliphatic heterocycles. The van der Waals surface area contributed by atoms with E-state index in [0.29, 0.717) is 18.9 Å². The number of nitrogens with zero attached hydrogens (tertiary/aromatic N) is 1. The quantitative estimate of drug-likeness (QED) is 0.719. The molecule has 2 unspecified atom stereocenters. The van der Waals surface area contributed by atoms with Gasteiger partial charge in [-0.3, -0.25) is 4.79 Å². The average Bonchev–Trinajstić information content (AvgIpc) is 2.52. The molecule has 0 radical (unpaired) electrons. The Hall–Kier alpha value is -1.55. The second-order valence-corrected chi connectivity index (χ2v) is 5.76. The summed E-state index contributed by atoms with van der Waals surface area (Å²) < 4.78 is 5.18. The molecule has 2 atom stereocenters. The number of benzene rings is 1. The van der Waals surface area contributed by atoms with Crippen molar-refractivity contribution in [2.45, 2.75) is 46.1 Å². The fourth-order valence-corrected chi connectivity index (χ4v) is 2.75. The van der Waals surface area contributed by atoms with Gasteiger partial charge in [-0.2, -0.15) is 0 Å². The first-order valence-electron chi connectivity index (χ1n) is 8.11. The van der Waals surface area contributed by atoms with Crippen LogP contribution in [0.15, 0.2) is 24.3 Å². The lowest BCUT2D eigenvalue weighted by molar-refractivity contribution is -0.142. The molecule has 4 heteroatoms. The molecule has 0 bridgehead atoms. The fraction of sp³-hybridized carbons (Fsp3) is 0.611. The third-order valence-corrected chi connectivity index (χ3v) is 4.33. The van der Waals surface area contributed by atoms with Gasteiger partial charge in [0.1, 0.15) is 5.75 Å². The van der Waals surface area contributed by atoms with Crippen LogP contribution in [0.5, 0.6) is 5.75 Å². The third kappa shape index (κ3) is 5.68. The number of carboxylic acid groups (broad SMARTS) is 1. The Kier molecular flexibility index (Phi) is 7.96. The number of likely N-dealkylation sites (N-methyl/N-ethyl adjacent to an activating group) is 1. The van der Waals surface area contributed by atoms with Gasteiger partial charge in [0.25, 0.3) is 0 Å². The van der Waals surface area contributed by atoms with Crippen LogP contribution in [0.1, 0.15) is 39.2 Å². The van der Waals surface area contributed by atoms with E-state index in [4.69, 9.17) is 9.84 Å². The van der Waals surface area contributed by atoms with E-state index >= 15 is 0 Å². The van der Waals surface area contributed by atoms with Crippen molar-refractivity contribution >= 4 is 5.97 Å². The second-order valence-electron chi connectivity index (χ2n) is 5.76. The Balaban J connectivity index is 2.55. The maximum atomic E-state index is 11.1. The van der Waals surface area contributed by atoms with Crippen LogP contribution in [-0.4, -0.2) is 42.2 Å². The number of carboxylic acids is 1. The van der Waals surface area contributed by atoms with Gasteiger partial charge < -0.3 is 14.7 Å². The standard InChI is InChI=1S/C18H29NO3/c1-5-16(18(20)21)11-12-19(6-2)14(3)13-15-7-9-17(22-4)10-8-15/h7-10,14,16H,5-6,11-13H2,1-4H3,(H,20,21). The largest absolute Gasteiger partial charge is 0.497 e. The van der Waals surface area contributed by atoms with E-state index in [2.05, 4.69) is 30.9 Å². The summed E-state index contributed by atoms with van der Waals surface area (Å²) in [5.41, 5.74) is 1.28. The predicted molar refractivity (Wildman–Crippen MR) is 89.4 cm³/mol. The van der Waals surface area contributed by atoms with Crippen LogP contribution in [0.3, 0.4) is 0 Å². The van der Waals surface area contributed by atoms with Crippen LogP contribution in [0.25, 0.3) is 0 Å². The number of hydrogen-bond donors (Lipinski definition) is 1. The number of aliphatic carboxylic acids is 1. The second kappa shape index (κ2) is 9.46. The molecular formula is C18H29NO3.